The molecule has 2 aromatic rings. The van der Waals surface area contributed by atoms with E-state index in [0.29, 0.717) is 24.7 Å². The molecule has 26 heavy (non-hydrogen) atoms. The molecule has 0 bridgehead atoms. The fourth-order valence-electron chi connectivity index (χ4n) is 3.12. The first-order valence-corrected chi connectivity index (χ1v) is 8.57. The second-order valence-electron chi connectivity index (χ2n) is 6.38. The highest BCUT2D eigenvalue weighted by molar-refractivity contribution is 5.76. The minimum absolute atomic E-state index is 0.00430. The molecule has 1 fully saturated rings. The quantitative estimate of drug-likeness (QED) is 0.803. The molecule has 2 atom stereocenters. The van der Waals surface area contributed by atoms with Crippen LogP contribution in [0.15, 0.2) is 28.8 Å². The van der Waals surface area contributed by atoms with E-state index in [1.54, 1.807) is 14.2 Å². The summed E-state index contributed by atoms with van der Waals surface area (Å²) in [6.45, 7) is 1.16. The third-order valence-electron chi connectivity index (χ3n) is 4.52. The van der Waals surface area contributed by atoms with Crippen molar-refractivity contribution in [3.05, 3.63) is 30.2 Å². The van der Waals surface area contributed by atoms with Crippen LogP contribution < -0.4 is 10.1 Å². The van der Waals surface area contributed by atoms with E-state index in [0.717, 1.165) is 24.3 Å². The predicted molar refractivity (Wildman–Crippen MR) is 94.7 cm³/mol. The Morgan fingerprint density at radius 3 is 2.81 bits per heavy atom. The molecule has 1 amide bonds. The monoisotopic (exact) mass is 360 g/mol. The van der Waals surface area contributed by atoms with Gasteiger partial charge in [0.1, 0.15) is 5.75 Å². The summed E-state index contributed by atoms with van der Waals surface area (Å²) in [5.41, 5.74) is 0.867. The fourth-order valence-corrected chi connectivity index (χ4v) is 3.12. The normalized spacial score (nSPS) is 20.3. The predicted octanol–water partition coefficient (Wildman–Crippen LogP) is 1.64. The van der Waals surface area contributed by atoms with Crippen LogP contribution in [0, 0.1) is 0 Å². The van der Waals surface area contributed by atoms with Crippen molar-refractivity contribution in [2.24, 2.45) is 0 Å². The average molecular weight is 360 g/mol. The summed E-state index contributed by atoms with van der Waals surface area (Å²) >= 11 is 0. The second kappa shape index (κ2) is 8.29. The maximum atomic E-state index is 11.9. The zero-order chi connectivity index (χ0) is 18.5. The number of rotatable bonds is 7. The van der Waals surface area contributed by atoms with Gasteiger partial charge in [0.25, 0.3) is 0 Å². The Balaban J connectivity index is 1.64. The van der Waals surface area contributed by atoms with Gasteiger partial charge in [0, 0.05) is 31.7 Å². The van der Waals surface area contributed by atoms with Crippen molar-refractivity contribution in [3.63, 3.8) is 0 Å². The van der Waals surface area contributed by atoms with E-state index in [2.05, 4.69) is 20.4 Å². The Kier molecular flexibility index (Phi) is 5.85. The molecular weight excluding hydrogens is 336 g/mol. The van der Waals surface area contributed by atoms with E-state index in [-0.39, 0.29) is 18.0 Å². The summed E-state index contributed by atoms with van der Waals surface area (Å²) in [5, 5.41) is 7.12. The first kappa shape index (κ1) is 18.3. The van der Waals surface area contributed by atoms with Crippen molar-refractivity contribution in [2.45, 2.75) is 24.9 Å². The Hall–Kier alpha value is -2.45. The summed E-state index contributed by atoms with van der Waals surface area (Å²) < 4.78 is 15.6. The van der Waals surface area contributed by atoms with E-state index in [4.69, 9.17) is 14.0 Å². The highest BCUT2D eigenvalue weighted by Gasteiger charge is 2.35. The van der Waals surface area contributed by atoms with Crippen molar-refractivity contribution in [1.82, 2.24) is 20.4 Å². The number of ether oxygens (including phenoxy) is 2. The highest BCUT2D eigenvalue weighted by atomic mass is 16.5. The van der Waals surface area contributed by atoms with Crippen molar-refractivity contribution in [3.8, 4) is 17.1 Å². The molecule has 0 aliphatic carbocycles. The number of carbonyl (C=O) groups excluding carboxylic acids is 1. The smallest absolute Gasteiger partial charge is 0.244 e. The standard InChI is InChI=1S/C18H24N4O4/c1-22-11-13(19-16(23)8-9-24-2)10-15(22)18-20-17(21-26-18)12-4-6-14(25-3)7-5-12/h4-7,13,15H,8-11H2,1-3H3,(H,19,23)/t13-,15-/m0/s1. The lowest BCUT2D eigenvalue weighted by atomic mass is 10.1. The fraction of sp³-hybridized carbons (Fsp3) is 0.500. The van der Waals surface area contributed by atoms with Gasteiger partial charge < -0.3 is 19.3 Å². The largest absolute Gasteiger partial charge is 0.497 e. The number of hydrogen-bond donors (Lipinski definition) is 1. The molecule has 0 saturated carbocycles. The third-order valence-corrected chi connectivity index (χ3v) is 4.52. The Morgan fingerprint density at radius 1 is 1.35 bits per heavy atom. The average Bonchev–Trinajstić information content (AvgIpc) is 3.26. The molecule has 8 heteroatoms. The molecular formula is C18H24N4O4. The molecule has 0 spiro atoms. The summed E-state index contributed by atoms with van der Waals surface area (Å²) in [6.07, 6.45) is 1.10. The summed E-state index contributed by atoms with van der Waals surface area (Å²) in [6, 6.07) is 7.56. The van der Waals surface area contributed by atoms with E-state index in [1.807, 2.05) is 31.3 Å². The zero-order valence-corrected chi connectivity index (χ0v) is 15.3. The van der Waals surface area contributed by atoms with Crippen molar-refractivity contribution < 1.29 is 18.8 Å². The topological polar surface area (TPSA) is 89.7 Å². The maximum Gasteiger partial charge on any atom is 0.244 e. The zero-order valence-electron chi connectivity index (χ0n) is 15.3. The van der Waals surface area contributed by atoms with E-state index >= 15 is 0 Å². The van der Waals surface area contributed by atoms with Crippen molar-refractivity contribution >= 4 is 5.91 Å². The minimum atomic E-state index is -0.0118. The van der Waals surface area contributed by atoms with Crippen LogP contribution in [0.25, 0.3) is 11.4 Å². The number of nitrogens with one attached hydrogen (secondary N) is 1. The van der Waals surface area contributed by atoms with Crippen LogP contribution in [0.3, 0.4) is 0 Å². The minimum Gasteiger partial charge on any atom is -0.497 e. The van der Waals surface area contributed by atoms with Crippen molar-refractivity contribution in [2.75, 3.05) is 34.4 Å². The van der Waals surface area contributed by atoms with Gasteiger partial charge in [-0.05, 0) is 37.7 Å². The van der Waals surface area contributed by atoms with Crippen LogP contribution in [0.2, 0.25) is 0 Å². The lowest BCUT2D eigenvalue weighted by Gasteiger charge is -2.14. The van der Waals surface area contributed by atoms with Gasteiger partial charge in [0.05, 0.1) is 19.8 Å². The number of aromatic nitrogens is 2. The van der Waals surface area contributed by atoms with Crippen LogP contribution in [0.1, 0.15) is 24.8 Å². The second-order valence-corrected chi connectivity index (χ2v) is 6.38. The number of benzene rings is 1. The third kappa shape index (κ3) is 4.20. The Bertz CT molecular complexity index is 731. The van der Waals surface area contributed by atoms with Crippen LogP contribution in [-0.4, -0.2) is 61.4 Å². The lowest BCUT2D eigenvalue weighted by Crippen LogP contribution is -2.36. The first-order valence-electron chi connectivity index (χ1n) is 8.57. The number of carbonyl (C=O) groups is 1. The van der Waals surface area contributed by atoms with Crippen LogP contribution in [-0.2, 0) is 9.53 Å². The summed E-state index contributed by atoms with van der Waals surface area (Å²) in [5.74, 6) is 1.88. The van der Waals surface area contributed by atoms with Crippen LogP contribution >= 0.6 is 0 Å². The molecule has 1 aromatic carbocycles. The van der Waals surface area contributed by atoms with Gasteiger partial charge in [-0.1, -0.05) is 5.16 Å². The molecule has 1 N–H and O–H groups in total. The van der Waals surface area contributed by atoms with Gasteiger partial charge in [-0.2, -0.15) is 4.98 Å². The number of likely N-dealkylation sites (N-methyl/N-ethyl adjacent to an activating group) is 1. The van der Waals surface area contributed by atoms with Gasteiger partial charge in [0.15, 0.2) is 0 Å². The molecule has 2 heterocycles. The first-order chi connectivity index (χ1) is 12.6. The van der Waals surface area contributed by atoms with Crippen LogP contribution in [0.4, 0.5) is 0 Å². The molecule has 0 radical (unpaired) electrons. The van der Waals surface area contributed by atoms with Gasteiger partial charge in [0.2, 0.25) is 17.6 Å². The number of hydrogen-bond acceptors (Lipinski definition) is 7. The van der Waals surface area contributed by atoms with Gasteiger partial charge in [-0.3, -0.25) is 9.69 Å². The molecule has 1 aliphatic rings. The summed E-state index contributed by atoms with van der Waals surface area (Å²) in [7, 11) is 5.20. The summed E-state index contributed by atoms with van der Waals surface area (Å²) in [4.78, 5) is 18.5. The number of methoxy groups -OCH3 is 2. The van der Waals surface area contributed by atoms with E-state index in [9.17, 15) is 4.79 Å². The van der Waals surface area contributed by atoms with Crippen molar-refractivity contribution in [1.29, 1.82) is 0 Å². The van der Waals surface area contributed by atoms with Gasteiger partial charge in [-0.15, -0.1) is 0 Å². The Labute approximate surface area is 152 Å². The molecule has 140 valence electrons. The number of likely N-dealkylation sites (tertiary alicyclic amines) is 1. The van der Waals surface area contributed by atoms with Gasteiger partial charge in [-0.25, -0.2) is 0 Å². The highest BCUT2D eigenvalue weighted by Crippen LogP contribution is 2.31. The lowest BCUT2D eigenvalue weighted by molar-refractivity contribution is -0.122. The molecule has 1 saturated heterocycles. The molecule has 0 unspecified atom stereocenters. The molecule has 1 aromatic heterocycles. The molecule has 1 aliphatic heterocycles. The molecule has 8 nitrogen and oxygen atoms in total. The maximum absolute atomic E-state index is 11.9. The SMILES string of the molecule is COCCC(=O)N[C@H]1C[C@@H](c2nc(-c3ccc(OC)cc3)no2)N(C)C1. The van der Waals surface area contributed by atoms with E-state index < -0.39 is 0 Å². The van der Waals surface area contributed by atoms with Gasteiger partial charge >= 0.3 is 0 Å². The van der Waals surface area contributed by atoms with E-state index in [1.165, 1.54) is 0 Å². The van der Waals surface area contributed by atoms with Crippen LogP contribution in [0.5, 0.6) is 5.75 Å². The Morgan fingerprint density at radius 2 is 2.12 bits per heavy atom. The number of nitrogens with zero attached hydrogens (tertiary/aromatic N) is 3. The molecule has 3 rings (SSSR count). The number of amides is 1.